The van der Waals surface area contributed by atoms with Crippen LogP contribution >= 0.6 is 0 Å². The molecule has 0 unspecified atom stereocenters. The predicted octanol–water partition coefficient (Wildman–Crippen LogP) is 4.05. The second-order valence-corrected chi connectivity index (χ2v) is 9.17. The zero-order valence-electron chi connectivity index (χ0n) is 20.5. The molecular weight excluding hydrogens is 450 g/mol. The number of carbonyl (C=O) groups excluding carboxylic acids is 2. The minimum Gasteiger partial charge on any atom is -0.383 e. The summed E-state index contributed by atoms with van der Waals surface area (Å²) in [5.74, 6) is -1.98. The van der Waals surface area contributed by atoms with E-state index in [0.29, 0.717) is 17.8 Å². The number of hydrogen-bond donors (Lipinski definition) is 2. The fourth-order valence-electron chi connectivity index (χ4n) is 3.92. The summed E-state index contributed by atoms with van der Waals surface area (Å²) in [7, 11) is 1.84. The summed E-state index contributed by atoms with van der Waals surface area (Å²) in [6, 6.07) is 9.91. The Morgan fingerprint density at radius 3 is 2.43 bits per heavy atom. The van der Waals surface area contributed by atoms with Gasteiger partial charge in [0, 0.05) is 24.0 Å². The zero-order valence-corrected chi connectivity index (χ0v) is 20.5. The van der Waals surface area contributed by atoms with Crippen molar-refractivity contribution in [1.29, 1.82) is 0 Å². The molecule has 3 rings (SSSR count). The Morgan fingerprint density at radius 1 is 1.03 bits per heavy atom. The van der Waals surface area contributed by atoms with Crippen LogP contribution in [0, 0.1) is 11.6 Å². The normalized spacial score (nSPS) is 13.3. The van der Waals surface area contributed by atoms with E-state index >= 15 is 0 Å². The first kappa shape index (κ1) is 26.2. The molecule has 0 saturated carbocycles. The van der Waals surface area contributed by atoms with Crippen molar-refractivity contribution in [2.24, 2.45) is 0 Å². The lowest BCUT2D eigenvalue weighted by Crippen LogP contribution is -2.51. The number of ketones is 1. The van der Waals surface area contributed by atoms with Gasteiger partial charge in [-0.15, -0.1) is 0 Å². The van der Waals surface area contributed by atoms with E-state index in [4.69, 9.17) is 5.73 Å². The average molecular weight is 483 g/mol. The summed E-state index contributed by atoms with van der Waals surface area (Å²) >= 11 is 0. The molecule has 3 aromatic rings. The van der Waals surface area contributed by atoms with E-state index in [2.05, 4.69) is 10.3 Å². The molecule has 0 fully saturated rings. The number of nitrogens with zero attached hydrogens (tertiary/aromatic N) is 2. The number of nitrogens with two attached hydrogens (primary N) is 1. The highest BCUT2D eigenvalue weighted by Gasteiger charge is 2.26. The lowest BCUT2D eigenvalue weighted by atomic mass is 9.96. The average Bonchev–Trinajstić information content (AvgIpc) is 2.83. The molecule has 0 saturated heterocycles. The van der Waals surface area contributed by atoms with E-state index < -0.39 is 23.7 Å². The number of rotatable bonds is 10. The van der Waals surface area contributed by atoms with Crippen LogP contribution in [0.15, 0.2) is 48.7 Å². The maximum atomic E-state index is 13.8. The molecule has 0 spiro atoms. The number of nitrogens with one attached hydrogen (secondary N) is 1. The molecule has 0 bridgehead atoms. The molecule has 0 aliphatic carbocycles. The molecule has 2 atom stereocenters. The molecular formula is C27H32F2N4O2. The topological polar surface area (TPSA) is 88.3 Å². The fraction of sp³-hybridized carbons (Fsp3) is 0.370. The molecule has 0 aliphatic rings. The largest absolute Gasteiger partial charge is 0.383 e. The van der Waals surface area contributed by atoms with Crippen LogP contribution < -0.4 is 11.1 Å². The van der Waals surface area contributed by atoms with Gasteiger partial charge in [0.15, 0.2) is 17.4 Å². The standard InChI is InChI=1S/C27H32F2N4O2/c1-16(2)33(4)17(3)27(35)32-24(15-19-6-9-22(28)23(29)14-19)25(34)10-7-18-5-8-21-20(13-18)11-12-31-26(21)30/h5-6,8-9,11-14,16-17,24H,7,10,15H2,1-4H3,(H2,30,31)(H,32,35)/t17-,24+/m1/s1. The fourth-order valence-corrected chi connectivity index (χ4v) is 3.92. The maximum absolute atomic E-state index is 13.8. The van der Waals surface area contributed by atoms with Gasteiger partial charge in [0.2, 0.25) is 5.91 Å². The number of anilines is 1. The van der Waals surface area contributed by atoms with Crippen molar-refractivity contribution in [3.63, 3.8) is 0 Å². The summed E-state index contributed by atoms with van der Waals surface area (Å²) in [5.41, 5.74) is 7.29. The molecule has 3 N–H and O–H groups in total. The van der Waals surface area contributed by atoms with Gasteiger partial charge in [0.25, 0.3) is 0 Å². The van der Waals surface area contributed by atoms with E-state index in [9.17, 15) is 18.4 Å². The van der Waals surface area contributed by atoms with Crippen LogP contribution in [0.5, 0.6) is 0 Å². The van der Waals surface area contributed by atoms with Gasteiger partial charge in [0.1, 0.15) is 5.82 Å². The van der Waals surface area contributed by atoms with Crippen molar-refractivity contribution < 1.29 is 18.4 Å². The number of fused-ring (bicyclic) bond motifs is 1. The Labute approximate surface area is 204 Å². The smallest absolute Gasteiger partial charge is 0.237 e. The molecule has 35 heavy (non-hydrogen) atoms. The maximum Gasteiger partial charge on any atom is 0.237 e. The van der Waals surface area contributed by atoms with Crippen molar-refractivity contribution in [3.05, 3.63) is 71.4 Å². The van der Waals surface area contributed by atoms with Crippen LogP contribution in [-0.2, 0) is 22.4 Å². The minimum absolute atomic E-state index is 0.0693. The first-order valence-electron chi connectivity index (χ1n) is 11.7. The number of aromatic nitrogens is 1. The summed E-state index contributed by atoms with van der Waals surface area (Å²) in [6.45, 7) is 5.71. The molecule has 1 heterocycles. The van der Waals surface area contributed by atoms with Gasteiger partial charge in [-0.3, -0.25) is 14.5 Å². The SMILES string of the molecule is CC(C)N(C)[C@H](C)C(=O)N[C@@H](Cc1ccc(F)c(F)c1)C(=O)CCc1ccc2c(N)nccc2c1. The number of halogens is 2. The Kier molecular flexibility index (Phi) is 8.51. The lowest BCUT2D eigenvalue weighted by Gasteiger charge is -2.29. The quantitative estimate of drug-likeness (QED) is 0.455. The summed E-state index contributed by atoms with van der Waals surface area (Å²) in [4.78, 5) is 32.1. The van der Waals surface area contributed by atoms with Crippen molar-refractivity contribution in [2.45, 2.75) is 58.2 Å². The number of carbonyl (C=O) groups is 2. The number of benzene rings is 2. The first-order chi connectivity index (χ1) is 16.6. The molecule has 6 nitrogen and oxygen atoms in total. The molecule has 0 aliphatic heterocycles. The van der Waals surface area contributed by atoms with Crippen LogP contribution in [0.1, 0.15) is 38.3 Å². The van der Waals surface area contributed by atoms with Gasteiger partial charge in [-0.25, -0.2) is 13.8 Å². The van der Waals surface area contributed by atoms with Crippen LogP contribution in [0.2, 0.25) is 0 Å². The van der Waals surface area contributed by atoms with Crippen LogP contribution in [0.3, 0.4) is 0 Å². The van der Waals surface area contributed by atoms with Crippen LogP contribution in [-0.4, -0.2) is 46.7 Å². The van der Waals surface area contributed by atoms with Crippen molar-refractivity contribution >= 4 is 28.3 Å². The van der Waals surface area contributed by atoms with Gasteiger partial charge in [-0.2, -0.15) is 0 Å². The number of nitrogen functional groups attached to an aromatic ring is 1. The highest BCUT2D eigenvalue weighted by molar-refractivity contribution is 5.92. The third-order valence-corrected chi connectivity index (χ3v) is 6.45. The Bertz CT molecular complexity index is 1220. The highest BCUT2D eigenvalue weighted by Crippen LogP contribution is 2.21. The number of Topliss-reactive ketones (excluding diaryl/α,β-unsaturated/α-hetero) is 1. The summed E-state index contributed by atoms with van der Waals surface area (Å²) in [6.07, 6.45) is 2.34. The predicted molar refractivity (Wildman–Crippen MR) is 134 cm³/mol. The molecule has 0 radical (unpaired) electrons. The zero-order chi connectivity index (χ0) is 25.7. The third-order valence-electron chi connectivity index (χ3n) is 6.45. The number of amides is 1. The molecule has 1 amide bonds. The van der Waals surface area contributed by atoms with Crippen molar-refractivity contribution in [3.8, 4) is 0 Å². The van der Waals surface area contributed by atoms with Gasteiger partial charge in [-0.1, -0.05) is 24.3 Å². The van der Waals surface area contributed by atoms with Crippen molar-refractivity contribution in [1.82, 2.24) is 15.2 Å². The van der Waals surface area contributed by atoms with E-state index in [-0.39, 0.29) is 30.6 Å². The number of likely N-dealkylation sites (N-methyl/N-ethyl adjacent to an activating group) is 1. The minimum atomic E-state index is -0.988. The number of hydrogen-bond acceptors (Lipinski definition) is 5. The van der Waals surface area contributed by atoms with Crippen LogP contribution in [0.25, 0.3) is 10.8 Å². The number of aryl methyl sites for hydroxylation is 1. The molecule has 8 heteroatoms. The van der Waals surface area contributed by atoms with Crippen LogP contribution in [0.4, 0.5) is 14.6 Å². The van der Waals surface area contributed by atoms with Gasteiger partial charge in [-0.05, 0) is 75.4 Å². The third kappa shape index (κ3) is 6.60. The second kappa shape index (κ2) is 11.4. The summed E-state index contributed by atoms with van der Waals surface area (Å²) < 4.78 is 27.2. The summed E-state index contributed by atoms with van der Waals surface area (Å²) in [5, 5.41) is 4.61. The van der Waals surface area contributed by atoms with E-state index in [0.717, 1.165) is 28.5 Å². The second-order valence-electron chi connectivity index (χ2n) is 9.17. The Hall–Kier alpha value is -3.39. The Morgan fingerprint density at radius 2 is 1.74 bits per heavy atom. The van der Waals surface area contributed by atoms with Gasteiger partial charge >= 0.3 is 0 Å². The van der Waals surface area contributed by atoms with Gasteiger partial charge in [0.05, 0.1) is 12.1 Å². The first-order valence-corrected chi connectivity index (χ1v) is 11.7. The van der Waals surface area contributed by atoms with Crippen molar-refractivity contribution in [2.75, 3.05) is 12.8 Å². The van der Waals surface area contributed by atoms with Gasteiger partial charge < -0.3 is 11.1 Å². The molecule has 2 aromatic carbocycles. The van der Waals surface area contributed by atoms with E-state index in [1.165, 1.54) is 6.07 Å². The number of pyridine rings is 1. The lowest BCUT2D eigenvalue weighted by molar-refractivity contribution is -0.130. The highest BCUT2D eigenvalue weighted by atomic mass is 19.2. The Balaban J connectivity index is 1.76. The molecule has 186 valence electrons. The van der Waals surface area contributed by atoms with E-state index in [1.807, 2.05) is 50.1 Å². The molecule has 1 aromatic heterocycles. The van der Waals surface area contributed by atoms with E-state index in [1.54, 1.807) is 13.1 Å². The monoisotopic (exact) mass is 482 g/mol.